The Kier molecular flexibility index (Phi) is 5.90. The molecule has 4 aromatic rings. The summed E-state index contributed by atoms with van der Waals surface area (Å²) in [5.41, 5.74) is 2.54. The Morgan fingerprint density at radius 3 is 2.65 bits per heavy atom. The van der Waals surface area contributed by atoms with Crippen molar-refractivity contribution in [2.24, 2.45) is 0 Å². The second-order valence-electron chi connectivity index (χ2n) is 7.43. The summed E-state index contributed by atoms with van der Waals surface area (Å²) in [6.45, 7) is 1.99. The minimum Gasteiger partial charge on any atom is -0.471 e. The van der Waals surface area contributed by atoms with E-state index in [1.54, 1.807) is 6.20 Å². The van der Waals surface area contributed by atoms with Crippen LogP contribution in [-0.4, -0.2) is 37.5 Å². The number of H-pyrrole nitrogens is 1. The summed E-state index contributed by atoms with van der Waals surface area (Å²) in [5, 5.41) is 11.7. The summed E-state index contributed by atoms with van der Waals surface area (Å²) in [6, 6.07) is 19.5. The molecule has 8 heteroatoms. The van der Waals surface area contributed by atoms with Crippen molar-refractivity contribution in [3.8, 4) is 17.4 Å². The Morgan fingerprint density at radius 2 is 1.84 bits per heavy atom. The van der Waals surface area contributed by atoms with Gasteiger partial charge in [-0.2, -0.15) is 0 Å². The van der Waals surface area contributed by atoms with Gasteiger partial charge in [-0.1, -0.05) is 18.2 Å². The van der Waals surface area contributed by atoms with E-state index in [0.717, 1.165) is 54.2 Å². The van der Waals surface area contributed by atoms with Gasteiger partial charge >= 0.3 is 0 Å². The molecule has 2 aromatic carbocycles. The molecule has 7 nitrogen and oxygen atoms in total. The first kappa shape index (κ1) is 20.1. The smallest absolute Gasteiger partial charge is 0.244 e. The molecule has 5 rings (SSSR count). The molecule has 1 unspecified atom stereocenters. The van der Waals surface area contributed by atoms with Crippen molar-refractivity contribution in [1.29, 1.82) is 0 Å². The highest BCUT2D eigenvalue weighted by molar-refractivity contribution is 14.1. The monoisotopic (exact) mass is 527 g/mol. The van der Waals surface area contributed by atoms with E-state index in [9.17, 15) is 0 Å². The van der Waals surface area contributed by atoms with Crippen molar-refractivity contribution in [3.05, 3.63) is 66.9 Å². The lowest BCUT2D eigenvalue weighted by Gasteiger charge is -2.27. The third-order valence-electron chi connectivity index (χ3n) is 5.15. The van der Waals surface area contributed by atoms with E-state index in [-0.39, 0.29) is 6.10 Å². The number of hydrogen-bond acceptors (Lipinski definition) is 6. The van der Waals surface area contributed by atoms with Crippen LogP contribution >= 0.6 is 22.9 Å². The van der Waals surface area contributed by atoms with Gasteiger partial charge in [0, 0.05) is 47.8 Å². The molecule has 3 heterocycles. The Morgan fingerprint density at radius 1 is 1.03 bits per heavy atom. The quantitative estimate of drug-likeness (QED) is 0.248. The topological polar surface area (TPSA) is 75.3 Å². The molecule has 0 aliphatic carbocycles. The van der Waals surface area contributed by atoms with Crippen LogP contribution in [-0.2, 0) is 0 Å². The molecule has 1 aliphatic rings. The van der Waals surface area contributed by atoms with Crippen molar-refractivity contribution >= 4 is 45.3 Å². The van der Waals surface area contributed by atoms with Crippen LogP contribution in [0.1, 0.15) is 12.8 Å². The second kappa shape index (κ2) is 9.11. The number of nitrogens with zero attached hydrogens (tertiary/aromatic N) is 3. The summed E-state index contributed by atoms with van der Waals surface area (Å²) in [5.74, 6) is 2.18. The average Bonchev–Trinajstić information content (AvgIpc) is 3.20. The summed E-state index contributed by atoms with van der Waals surface area (Å²) in [6.07, 6.45) is 4.03. The lowest BCUT2D eigenvalue weighted by molar-refractivity contribution is 0.138. The number of pyridine rings is 1. The first-order valence-electron chi connectivity index (χ1n) is 10.2. The Labute approximate surface area is 194 Å². The third-order valence-corrected chi connectivity index (χ3v) is 6.02. The van der Waals surface area contributed by atoms with Crippen molar-refractivity contribution < 1.29 is 9.47 Å². The number of piperidine rings is 1. The van der Waals surface area contributed by atoms with Crippen molar-refractivity contribution in [2.45, 2.75) is 18.9 Å². The molecular formula is C23H22IN5O2. The van der Waals surface area contributed by atoms with E-state index >= 15 is 0 Å². The number of nitrogens with one attached hydrogen (secondary N) is 2. The zero-order chi connectivity index (χ0) is 21.0. The fraction of sp³-hybridized carbons (Fsp3) is 0.217. The van der Waals surface area contributed by atoms with E-state index in [4.69, 9.17) is 9.47 Å². The van der Waals surface area contributed by atoms with E-state index in [1.807, 2.05) is 60.7 Å². The molecule has 158 valence electrons. The Bertz CT molecular complexity index is 1150. The fourth-order valence-electron chi connectivity index (χ4n) is 3.65. The van der Waals surface area contributed by atoms with Crippen LogP contribution in [0.25, 0.3) is 11.0 Å². The van der Waals surface area contributed by atoms with Gasteiger partial charge in [0.15, 0.2) is 5.65 Å². The largest absolute Gasteiger partial charge is 0.471 e. The summed E-state index contributed by atoms with van der Waals surface area (Å²) in [4.78, 5) is 4.40. The lowest BCUT2D eigenvalue weighted by atomic mass is 10.1. The van der Waals surface area contributed by atoms with E-state index < -0.39 is 0 Å². The predicted octanol–water partition coefficient (Wildman–Crippen LogP) is 5.69. The first-order valence-corrected chi connectivity index (χ1v) is 11.2. The minimum atomic E-state index is 0.125. The zero-order valence-corrected chi connectivity index (χ0v) is 19.0. The number of rotatable bonds is 6. The maximum Gasteiger partial charge on any atom is 0.244 e. The van der Waals surface area contributed by atoms with Gasteiger partial charge in [-0.15, -0.1) is 5.10 Å². The highest BCUT2D eigenvalue weighted by Gasteiger charge is 2.22. The molecule has 1 atom stereocenters. The third kappa shape index (κ3) is 4.75. The maximum absolute atomic E-state index is 6.25. The average molecular weight is 527 g/mol. The van der Waals surface area contributed by atoms with E-state index in [1.165, 1.54) is 0 Å². The molecule has 0 bridgehead atoms. The molecule has 1 saturated heterocycles. The van der Waals surface area contributed by atoms with Crippen LogP contribution < -0.4 is 14.8 Å². The van der Waals surface area contributed by atoms with Gasteiger partial charge in [0.05, 0.1) is 5.69 Å². The number of anilines is 2. The van der Waals surface area contributed by atoms with Crippen LogP contribution in [0.5, 0.6) is 17.4 Å². The van der Waals surface area contributed by atoms with Gasteiger partial charge < -0.3 is 14.8 Å². The number of fused-ring (bicyclic) bond motifs is 1. The fourth-order valence-corrected chi connectivity index (χ4v) is 4.43. The standard InChI is InChI=1S/C23H22IN5O2/c24-29-14-4-7-19(15-29)31-23-21-20(12-13-25-22(21)27-28-23)26-16-8-10-18(11-9-16)30-17-5-2-1-3-6-17/h1-3,5-6,8-13,19H,4,7,14-15H2,(H2,25,26,27,28). The minimum absolute atomic E-state index is 0.125. The molecule has 0 radical (unpaired) electrons. The molecule has 2 N–H and O–H groups in total. The number of hydrogen-bond donors (Lipinski definition) is 2. The molecule has 31 heavy (non-hydrogen) atoms. The number of halogens is 1. The number of para-hydroxylation sites is 1. The summed E-state index contributed by atoms with van der Waals surface area (Å²) < 4.78 is 14.4. The normalized spacial score (nSPS) is 16.9. The molecule has 1 fully saturated rings. The van der Waals surface area contributed by atoms with Crippen molar-refractivity contribution in [2.75, 3.05) is 18.4 Å². The molecule has 0 saturated carbocycles. The lowest BCUT2D eigenvalue weighted by Crippen LogP contribution is -2.35. The number of ether oxygens (including phenoxy) is 2. The molecular weight excluding hydrogens is 505 g/mol. The predicted molar refractivity (Wildman–Crippen MR) is 129 cm³/mol. The Balaban J connectivity index is 1.34. The van der Waals surface area contributed by atoms with Gasteiger partial charge in [-0.3, -0.25) is 5.10 Å². The summed E-state index contributed by atoms with van der Waals surface area (Å²) in [7, 11) is 0. The van der Waals surface area contributed by atoms with Gasteiger partial charge in [-0.25, -0.2) is 8.10 Å². The highest BCUT2D eigenvalue weighted by Crippen LogP contribution is 2.33. The second-order valence-corrected chi connectivity index (χ2v) is 8.79. The van der Waals surface area contributed by atoms with Crippen LogP contribution in [0.3, 0.4) is 0 Å². The number of aromatic amines is 1. The molecule has 1 aliphatic heterocycles. The SMILES string of the molecule is IN1CCCC(Oc2n[nH]c3nccc(Nc4ccc(Oc5ccccc5)cc4)c23)C1. The molecule has 0 amide bonds. The highest BCUT2D eigenvalue weighted by atomic mass is 127. The van der Waals surface area contributed by atoms with Gasteiger partial charge in [0.1, 0.15) is 23.0 Å². The zero-order valence-electron chi connectivity index (χ0n) is 16.8. The maximum atomic E-state index is 6.25. The van der Waals surface area contributed by atoms with Crippen molar-refractivity contribution in [3.63, 3.8) is 0 Å². The van der Waals surface area contributed by atoms with Crippen LogP contribution in [0.15, 0.2) is 66.9 Å². The number of aromatic nitrogens is 3. The van der Waals surface area contributed by atoms with Crippen LogP contribution in [0, 0.1) is 0 Å². The number of benzene rings is 2. The van der Waals surface area contributed by atoms with Crippen LogP contribution in [0.2, 0.25) is 0 Å². The van der Waals surface area contributed by atoms with Gasteiger partial charge in [0.2, 0.25) is 5.88 Å². The van der Waals surface area contributed by atoms with Gasteiger partial charge in [-0.05, 0) is 55.3 Å². The Hall–Kier alpha value is -2.85. The molecule has 0 spiro atoms. The first-order chi connectivity index (χ1) is 15.2. The van der Waals surface area contributed by atoms with E-state index in [2.05, 4.69) is 46.5 Å². The van der Waals surface area contributed by atoms with Crippen LogP contribution in [0.4, 0.5) is 11.4 Å². The molecule has 2 aromatic heterocycles. The van der Waals surface area contributed by atoms with Crippen molar-refractivity contribution in [1.82, 2.24) is 18.3 Å². The van der Waals surface area contributed by atoms with E-state index in [0.29, 0.717) is 11.5 Å². The summed E-state index contributed by atoms with van der Waals surface area (Å²) >= 11 is 2.35. The van der Waals surface area contributed by atoms with Gasteiger partial charge in [0.25, 0.3) is 0 Å².